The quantitative estimate of drug-likeness (QED) is 0.912. The fourth-order valence-electron chi connectivity index (χ4n) is 2.96. The molecular formula is C16H19FN4O2. The standard InChI is InChI=1S/C16H19FN4O2/c1-9-6-7-11-12(4-3-5-13(11)17)15(9)20-16(22)18-8-14-19-10(2)23-21-14/h3-5,9,15H,6-8H2,1-2H3,(H2,18,20,22)/t9-,15-/m1/s1. The summed E-state index contributed by atoms with van der Waals surface area (Å²) in [5.41, 5.74) is 1.55. The number of amides is 2. The Morgan fingerprint density at radius 2 is 2.30 bits per heavy atom. The van der Waals surface area contributed by atoms with Crippen molar-refractivity contribution in [1.82, 2.24) is 20.8 Å². The Morgan fingerprint density at radius 1 is 1.48 bits per heavy atom. The number of nitrogens with zero attached hydrogens (tertiary/aromatic N) is 2. The zero-order valence-electron chi connectivity index (χ0n) is 13.1. The lowest BCUT2D eigenvalue weighted by Gasteiger charge is -2.32. The van der Waals surface area contributed by atoms with Crippen molar-refractivity contribution in [3.8, 4) is 0 Å². The average molecular weight is 318 g/mol. The third kappa shape index (κ3) is 3.33. The summed E-state index contributed by atoms with van der Waals surface area (Å²) in [7, 11) is 0. The molecule has 122 valence electrons. The summed E-state index contributed by atoms with van der Waals surface area (Å²) in [6.07, 6.45) is 1.54. The second kappa shape index (κ2) is 6.36. The van der Waals surface area contributed by atoms with Crippen molar-refractivity contribution in [2.75, 3.05) is 0 Å². The van der Waals surface area contributed by atoms with E-state index in [1.807, 2.05) is 6.07 Å². The highest BCUT2D eigenvalue weighted by molar-refractivity contribution is 5.74. The smallest absolute Gasteiger partial charge is 0.315 e. The van der Waals surface area contributed by atoms with E-state index in [4.69, 9.17) is 4.52 Å². The van der Waals surface area contributed by atoms with E-state index in [0.717, 1.165) is 12.0 Å². The average Bonchev–Trinajstić information content (AvgIpc) is 2.94. The highest BCUT2D eigenvalue weighted by Gasteiger charge is 2.29. The molecule has 0 saturated heterocycles. The molecule has 1 aliphatic carbocycles. The molecule has 1 heterocycles. The van der Waals surface area contributed by atoms with Gasteiger partial charge in [-0.3, -0.25) is 0 Å². The number of carbonyl (C=O) groups is 1. The largest absolute Gasteiger partial charge is 0.340 e. The first-order valence-electron chi connectivity index (χ1n) is 7.65. The maximum atomic E-state index is 13.9. The molecule has 0 spiro atoms. The molecular weight excluding hydrogens is 299 g/mol. The monoisotopic (exact) mass is 318 g/mol. The number of rotatable bonds is 3. The minimum absolute atomic E-state index is 0.181. The van der Waals surface area contributed by atoms with Gasteiger partial charge in [0, 0.05) is 6.92 Å². The van der Waals surface area contributed by atoms with Crippen LogP contribution in [0.4, 0.5) is 9.18 Å². The highest BCUT2D eigenvalue weighted by Crippen LogP contribution is 2.35. The van der Waals surface area contributed by atoms with Crippen LogP contribution in [0.15, 0.2) is 22.7 Å². The summed E-state index contributed by atoms with van der Waals surface area (Å²) in [6.45, 7) is 3.92. The predicted octanol–water partition coefficient (Wildman–Crippen LogP) is 2.64. The lowest BCUT2D eigenvalue weighted by molar-refractivity contribution is 0.228. The van der Waals surface area contributed by atoms with Crippen molar-refractivity contribution in [2.24, 2.45) is 5.92 Å². The molecule has 7 heteroatoms. The van der Waals surface area contributed by atoms with Gasteiger partial charge in [-0.2, -0.15) is 4.98 Å². The van der Waals surface area contributed by atoms with E-state index in [9.17, 15) is 9.18 Å². The summed E-state index contributed by atoms with van der Waals surface area (Å²) in [4.78, 5) is 16.2. The molecule has 0 fully saturated rings. The lowest BCUT2D eigenvalue weighted by atomic mass is 9.80. The van der Waals surface area contributed by atoms with Gasteiger partial charge >= 0.3 is 6.03 Å². The molecule has 2 amide bonds. The molecule has 0 saturated carbocycles. The number of halogens is 1. The van der Waals surface area contributed by atoms with Gasteiger partial charge in [0.25, 0.3) is 0 Å². The molecule has 1 aromatic carbocycles. The second-order valence-corrected chi connectivity index (χ2v) is 5.86. The van der Waals surface area contributed by atoms with E-state index in [2.05, 4.69) is 27.7 Å². The van der Waals surface area contributed by atoms with Crippen molar-refractivity contribution in [3.05, 3.63) is 46.9 Å². The van der Waals surface area contributed by atoms with E-state index in [-0.39, 0.29) is 30.4 Å². The van der Waals surface area contributed by atoms with Crippen molar-refractivity contribution in [1.29, 1.82) is 0 Å². The Kier molecular flexibility index (Phi) is 4.27. The minimum atomic E-state index is -0.332. The van der Waals surface area contributed by atoms with Gasteiger partial charge in [0.1, 0.15) is 5.82 Å². The second-order valence-electron chi connectivity index (χ2n) is 5.86. The van der Waals surface area contributed by atoms with Crippen molar-refractivity contribution >= 4 is 6.03 Å². The number of nitrogens with one attached hydrogen (secondary N) is 2. The van der Waals surface area contributed by atoms with Crippen LogP contribution in [-0.2, 0) is 13.0 Å². The van der Waals surface area contributed by atoms with Gasteiger partial charge in [0.05, 0.1) is 12.6 Å². The van der Waals surface area contributed by atoms with Gasteiger partial charge in [0.15, 0.2) is 5.82 Å². The molecule has 0 aliphatic heterocycles. The van der Waals surface area contributed by atoms with Gasteiger partial charge in [0.2, 0.25) is 5.89 Å². The van der Waals surface area contributed by atoms with E-state index in [1.54, 1.807) is 13.0 Å². The molecule has 0 unspecified atom stereocenters. The summed E-state index contributed by atoms with van der Waals surface area (Å²) < 4.78 is 18.8. The summed E-state index contributed by atoms with van der Waals surface area (Å²) in [5, 5.41) is 9.34. The third-order valence-electron chi connectivity index (χ3n) is 4.17. The third-order valence-corrected chi connectivity index (χ3v) is 4.17. The van der Waals surface area contributed by atoms with E-state index >= 15 is 0 Å². The Hall–Kier alpha value is -2.44. The van der Waals surface area contributed by atoms with Crippen LogP contribution in [0.5, 0.6) is 0 Å². The Morgan fingerprint density at radius 3 is 3.04 bits per heavy atom. The first kappa shape index (κ1) is 15.5. The van der Waals surface area contributed by atoms with Gasteiger partial charge in [-0.1, -0.05) is 24.2 Å². The number of hydrogen-bond acceptors (Lipinski definition) is 4. The minimum Gasteiger partial charge on any atom is -0.340 e. The molecule has 1 aromatic heterocycles. The van der Waals surface area contributed by atoms with Crippen molar-refractivity contribution in [2.45, 2.75) is 39.3 Å². The van der Waals surface area contributed by atoms with Crippen molar-refractivity contribution in [3.63, 3.8) is 0 Å². The zero-order valence-corrected chi connectivity index (χ0v) is 13.1. The Labute approximate surface area is 133 Å². The molecule has 0 radical (unpaired) electrons. The number of hydrogen-bond donors (Lipinski definition) is 2. The molecule has 2 aromatic rings. The van der Waals surface area contributed by atoms with Crippen LogP contribution in [0.3, 0.4) is 0 Å². The summed E-state index contributed by atoms with van der Waals surface area (Å²) in [6, 6.07) is 4.48. The predicted molar refractivity (Wildman–Crippen MR) is 81.0 cm³/mol. The van der Waals surface area contributed by atoms with Crippen LogP contribution in [0.25, 0.3) is 0 Å². The number of aryl methyl sites for hydroxylation is 1. The number of carbonyl (C=O) groups excluding carboxylic acids is 1. The van der Waals surface area contributed by atoms with E-state index in [0.29, 0.717) is 23.7 Å². The van der Waals surface area contributed by atoms with Crippen LogP contribution in [0, 0.1) is 18.7 Å². The summed E-state index contributed by atoms with van der Waals surface area (Å²) >= 11 is 0. The molecule has 23 heavy (non-hydrogen) atoms. The highest BCUT2D eigenvalue weighted by atomic mass is 19.1. The SMILES string of the molecule is Cc1nc(CNC(=O)N[C@H]2c3cccc(F)c3CC[C@H]2C)no1. The topological polar surface area (TPSA) is 80.0 Å². The molecule has 2 N–H and O–H groups in total. The lowest BCUT2D eigenvalue weighted by Crippen LogP contribution is -2.41. The van der Waals surface area contributed by atoms with Crippen LogP contribution in [0.2, 0.25) is 0 Å². The fourth-order valence-corrected chi connectivity index (χ4v) is 2.96. The zero-order chi connectivity index (χ0) is 16.4. The molecule has 2 atom stereocenters. The number of benzene rings is 1. The van der Waals surface area contributed by atoms with Gasteiger partial charge in [-0.25, -0.2) is 9.18 Å². The van der Waals surface area contributed by atoms with Crippen LogP contribution in [0.1, 0.15) is 42.2 Å². The molecule has 3 rings (SSSR count). The van der Waals surface area contributed by atoms with Gasteiger partial charge in [-0.05, 0) is 36.0 Å². The van der Waals surface area contributed by atoms with Gasteiger partial charge in [-0.15, -0.1) is 0 Å². The Bertz CT molecular complexity index is 716. The van der Waals surface area contributed by atoms with E-state index in [1.165, 1.54) is 6.07 Å². The van der Waals surface area contributed by atoms with E-state index < -0.39 is 0 Å². The maximum absolute atomic E-state index is 13.9. The first-order chi connectivity index (χ1) is 11.0. The first-order valence-corrected chi connectivity index (χ1v) is 7.65. The van der Waals surface area contributed by atoms with Crippen LogP contribution >= 0.6 is 0 Å². The molecule has 1 aliphatic rings. The van der Waals surface area contributed by atoms with Crippen molar-refractivity contribution < 1.29 is 13.7 Å². The van der Waals surface area contributed by atoms with Crippen LogP contribution in [-0.4, -0.2) is 16.2 Å². The van der Waals surface area contributed by atoms with Crippen LogP contribution < -0.4 is 10.6 Å². The number of aromatic nitrogens is 2. The molecule has 0 bridgehead atoms. The number of urea groups is 1. The molecule has 6 nitrogen and oxygen atoms in total. The maximum Gasteiger partial charge on any atom is 0.315 e. The Balaban J connectivity index is 1.67. The fraction of sp³-hybridized carbons (Fsp3) is 0.438. The normalized spacial score (nSPS) is 20.0. The summed E-state index contributed by atoms with van der Waals surface area (Å²) in [5.74, 6) is 0.902. The van der Waals surface area contributed by atoms with Gasteiger partial charge < -0.3 is 15.2 Å². The number of fused-ring (bicyclic) bond motifs is 1.